The fourth-order valence-corrected chi connectivity index (χ4v) is 1.91. The van der Waals surface area contributed by atoms with Gasteiger partial charge in [0, 0.05) is 25.4 Å². The van der Waals surface area contributed by atoms with E-state index >= 15 is 0 Å². The summed E-state index contributed by atoms with van der Waals surface area (Å²) in [5.74, 6) is 2.00. The molecule has 5 heteroatoms. The van der Waals surface area contributed by atoms with E-state index in [1.165, 1.54) is 5.56 Å². The molecule has 0 spiro atoms. The van der Waals surface area contributed by atoms with Crippen LogP contribution in [0.15, 0.2) is 30.5 Å². The molecular formula is C14H18N4O. The van der Waals surface area contributed by atoms with Gasteiger partial charge >= 0.3 is 0 Å². The fourth-order valence-electron chi connectivity index (χ4n) is 1.91. The minimum absolute atomic E-state index is 0.294. The maximum absolute atomic E-state index is 5.63. The van der Waals surface area contributed by atoms with E-state index in [1.807, 2.05) is 38.2 Å². The van der Waals surface area contributed by atoms with Crippen LogP contribution in [0.5, 0.6) is 5.75 Å². The molecule has 0 saturated carbocycles. The summed E-state index contributed by atoms with van der Waals surface area (Å²) < 4.78 is 5.14. The van der Waals surface area contributed by atoms with Crippen LogP contribution in [0.3, 0.4) is 0 Å². The Bertz CT molecular complexity index is 554. The lowest BCUT2D eigenvalue weighted by Crippen LogP contribution is -2.19. The van der Waals surface area contributed by atoms with E-state index < -0.39 is 0 Å². The SMILES string of the molecule is COc1ccc(CN(C)c2nc(N)ncc2C)cc1. The second-order valence-corrected chi connectivity index (χ2v) is 4.44. The smallest absolute Gasteiger partial charge is 0.221 e. The fraction of sp³-hybridized carbons (Fsp3) is 0.286. The zero-order chi connectivity index (χ0) is 13.8. The van der Waals surface area contributed by atoms with Crippen molar-refractivity contribution in [2.24, 2.45) is 0 Å². The van der Waals surface area contributed by atoms with Crippen molar-refractivity contribution >= 4 is 11.8 Å². The lowest BCUT2D eigenvalue weighted by molar-refractivity contribution is 0.414. The van der Waals surface area contributed by atoms with Crippen LogP contribution in [0.25, 0.3) is 0 Å². The largest absolute Gasteiger partial charge is 0.497 e. The first-order chi connectivity index (χ1) is 9.10. The molecule has 5 nitrogen and oxygen atoms in total. The van der Waals surface area contributed by atoms with Gasteiger partial charge in [-0.1, -0.05) is 12.1 Å². The van der Waals surface area contributed by atoms with Gasteiger partial charge in [0.25, 0.3) is 0 Å². The molecule has 1 aromatic carbocycles. The van der Waals surface area contributed by atoms with Crippen molar-refractivity contribution in [3.05, 3.63) is 41.6 Å². The Balaban J connectivity index is 2.15. The number of anilines is 2. The molecule has 1 aromatic heterocycles. The number of nitrogens with two attached hydrogens (primary N) is 1. The summed E-state index contributed by atoms with van der Waals surface area (Å²) in [6.45, 7) is 2.72. The standard InChI is InChI=1S/C14H18N4O/c1-10-8-16-14(15)17-13(10)18(2)9-11-4-6-12(19-3)7-5-11/h4-8H,9H2,1-3H3,(H2,15,16,17). The van der Waals surface area contributed by atoms with Gasteiger partial charge < -0.3 is 15.4 Å². The highest BCUT2D eigenvalue weighted by Crippen LogP contribution is 2.19. The monoisotopic (exact) mass is 258 g/mol. The second-order valence-electron chi connectivity index (χ2n) is 4.44. The lowest BCUT2D eigenvalue weighted by atomic mass is 10.2. The molecule has 0 bridgehead atoms. The predicted molar refractivity (Wildman–Crippen MR) is 76.3 cm³/mol. The molecule has 0 atom stereocenters. The molecule has 0 saturated heterocycles. The van der Waals surface area contributed by atoms with Crippen molar-refractivity contribution in [3.8, 4) is 5.75 Å². The summed E-state index contributed by atoms with van der Waals surface area (Å²) >= 11 is 0. The van der Waals surface area contributed by atoms with Gasteiger partial charge in [-0.15, -0.1) is 0 Å². The van der Waals surface area contributed by atoms with Crippen molar-refractivity contribution in [1.29, 1.82) is 0 Å². The summed E-state index contributed by atoms with van der Waals surface area (Å²) in [6.07, 6.45) is 1.74. The highest BCUT2D eigenvalue weighted by molar-refractivity contribution is 5.47. The summed E-state index contributed by atoms with van der Waals surface area (Å²) in [5, 5.41) is 0. The minimum atomic E-state index is 0.294. The summed E-state index contributed by atoms with van der Waals surface area (Å²) in [5.41, 5.74) is 7.82. The quantitative estimate of drug-likeness (QED) is 0.908. The molecule has 19 heavy (non-hydrogen) atoms. The van der Waals surface area contributed by atoms with Crippen LogP contribution in [0.1, 0.15) is 11.1 Å². The highest BCUT2D eigenvalue weighted by Gasteiger charge is 2.08. The number of methoxy groups -OCH3 is 1. The van der Waals surface area contributed by atoms with E-state index in [1.54, 1.807) is 13.3 Å². The van der Waals surface area contributed by atoms with E-state index in [2.05, 4.69) is 14.9 Å². The molecule has 0 aliphatic carbocycles. The molecule has 2 rings (SSSR count). The molecule has 1 heterocycles. The van der Waals surface area contributed by atoms with Crippen LogP contribution in [-0.2, 0) is 6.54 Å². The van der Waals surface area contributed by atoms with Gasteiger partial charge in [0.15, 0.2) is 0 Å². The van der Waals surface area contributed by atoms with Crippen LogP contribution >= 0.6 is 0 Å². The van der Waals surface area contributed by atoms with Gasteiger partial charge in [0.05, 0.1) is 7.11 Å². The molecule has 2 N–H and O–H groups in total. The van der Waals surface area contributed by atoms with Gasteiger partial charge in [-0.3, -0.25) is 0 Å². The topological polar surface area (TPSA) is 64.3 Å². The zero-order valence-corrected chi connectivity index (χ0v) is 11.4. The van der Waals surface area contributed by atoms with Crippen LogP contribution in [0.4, 0.5) is 11.8 Å². The van der Waals surface area contributed by atoms with Crippen molar-refractivity contribution in [2.45, 2.75) is 13.5 Å². The van der Waals surface area contributed by atoms with Crippen molar-refractivity contribution in [3.63, 3.8) is 0 Å². The number of ether oxygens (including phenoxy) is 1. The number of nitrogen functional groups attached to an aromatic ring is 1. The Labute approximate surface area is 113 Å². The Morgan fingerprint density at radius 3 is 2.58 bits per heavy atom. The summed E-state index contributed by atoms with van der Waals surface area (Å²) in [6, 6.07) is 7.97. The summed E-state index contributed by atoms with van der Waals surface area (Å²) in [4.78, 5) is 10.3. The molecule has 0 unspecified atom stereocenters. The average molecular weight is 258 g/mol. The minimum Gasteiger partial charge on any atom is -0.497 e. The average Bonchev–Trinajstić information content (AvgIpc) is 2.42. The predicted octanol–water partition coefficient (Wildman–Crippen LogP) is 2.01. The molecule has 0 aliphatic rings. The number of hydrogen-bond acceptors (Lipinski definition) is 5. The van der Waals surface area contributed by atoms with Gasteiger partial charge in [-0.05, 0) is 24.6 Å². The third kappa shape index (κ3) is 3.13. The number of nitrogens with zero attached hydrogens (tertiary/aromatic N) is 3. The Morgan fingerprint density at radius 1 is 1.26 bits per heavy atom. The Morgan fingerprint density at radius 2 is 1.95 bits per heavy atom. The lowest BCUT2D eigenvalue weighted by Gasteiger charge is -2.20. The van der Waals surface area contributed by atoms with Crippen molar-refractivity contribution in [1.82, 2.24) is 9.97 Å². The first kappa shape index (κ1) is 13.1. The van der Waals surface area contributed by atoms with E-state index in [0.717, 1.165) is 23.7 Å². The van der Waals surface area contributed by atoms with Gasteiger partial charge in [0.1, 0.15) is 11.6 Å². The Kier molecular flexibility index (Phi) is 3.85. The molecule has 0 radical (unpaired) electrons. The number of aromatic nitrogens is 2. The van der Waals surface area contributed by atoms with E-state index in [-0.39, 0.29) is 0 Å². The van der Waals surface area contributed by atoms with Gasteiger partial charge in [0.2, 0.25) is 5.95 Å². The van der Waals surface area contributed by atoms with Gasteiger partial charge in [-0.2, -0.15) is 4.98 Å². The maximum atomic E-state index is 5.63. The number of aryl methyl sites for hydroxylation is 1. The van der Waals surface area contributed by atoms with Crippen LogP contribution in [-0.4, -0.2) is 24.1 Å². The third-order valence-corrected chi connectivity index (χ3v) is 2.90. The van der Waals surface area contributed by atoms with Crippen LogP contribution in [0.2, 0.25) is 0 Å². The number of hydrogen-bond donors (Lipinski definition) is 1. The Hall–Kier alpha value is -2.30. The van der Waals surface area contributed by atoms with Crippen molar-refractivity contribution < 1.29 is 4.74 Å². The molecule has 0 aliphatic heterocycles. The molecule has 0 amide bonds. The van der Waals surface area contributed by atoms with Crippen molar-refractivity contribution in [2.75, 3.05) is 24.8 Å². The number of benzene rings is 1. The molecule has 0 fully saturated rings. The van der Waals surface area contributed by atoms with E-state index in [4.69, 9.17) is 10.5 Å². The molecule has 100 valence electrons. The highest BCUT2D eigenvalue weighted by atomic mass is 16.5. The number of rotatable bonds is 4. The first-order valence-electron chi connectivity index (χ1n) is 6.03. The van der Waals surface area contributed by atoms with E-state index in [0.29, 0.717) is 5.95 Å². The normalized spacial score (nSPS) is 10.3. The first-order valence-corrected chi connectivity index (χ1v) is 6.03. The molecule has 2 aromatic rings. The zero-order valence-electron chi connectivity index (χ0n) is 11.4. The van der Waals surface area contributed by atoms with E-state index in [9.17, 15) is 0 Å². The third-order valence-electron chi connectivity index (χ3n) is 2.90. The second kappa shape index (κ2) is 5.56. The molecular weight excluding hydrogens is 240 g/mol. The van der Waals surface area contributed by atoms with Gasteiger partial charge in [-0.25, -0.2) is 4.98 Å². The van der Waals surface area contributed by atoms with Crippen LogP contribution < -0.4 is 15.4 Å². The summed E-state index contributed by atoms with van der Waals surface area (Å²) in [7, 11) is 3.65. The van der Waals surface area contributed by atoms with Crippen LogP contribution in [0, 0.1) is 6.92 Å². The maximum Gasteiger partial charge on any atom is 0.221 e.